The first-order valence-corrected chi connectivity index (χ1v) is 5.68. The minimum absolute atomic E-state index is 0.619. The van der Waals surface area contributed by atoms with Crippen molar-refractivity contribution in [2.75, 3.05) is 12.3 Å². The van der Waals surface area contributed by atoms with E-state index >= 15 is 0 Å². The molecule has 14 heavy (non-hydrogen) atoms. The molecule has 0 saturated heterocycles. The largest absolute Gasteiger partial charge is 0.490 e. The third-order valence-corrected chi connectivity index (χ3v) is 3.30. The number of ether oxygens (including phenoxy) is 1. The van der Waals surface area contributed by atoms with Gasteiger partial charge in [-0.25, -0.2) is 0 Å². The second-order valence-corrected chi connectivity index (χ2v) is 4.31. The van der Waals surface area contributed by atoms with Gasteiger partial charge >= 0.3 is 0 Å². The lowest BCUT2D eigenvalue weighted by Gasteiger charge is -2.09. The summed E-state index contributed by atoms with van der Waals surface area (Å²) in [7, 11) is 0. The van der Waals surface area contributed by atoms with Gasteiger partial charge in [0.2, 0.25) is 0 Å². The van der Waals surface area contributed by atoms with Crippen LogP contribution in [-0.2, 0) is 0 Å². The second kappa shape index (κ2) is 3.71. The van der Waals surface area contributed by atoms with Gasteiger partial charge in [-0.2, -0.15) is 0 Å². The van der Waals surface area contributed by atoms with Gasteiger partial charge in [0.1, 0.15) is 0 Å². The van der Waals surface area contributed by atoms with Crippen molar-refractivity contribution in [3.63, 3.8) is 0 Å². The molecule has 0 radical (unpaired) electrons. The normalized spacial score (nSPS) is 10.7. The van der Waals surface area contributed by atoms with Crippen LogP contribution in [0.2, 0.25) is 0 Å². The summed E-state index contributed by atoms with van der Waals surface area (Å²) < 4.78 is 6.62. The van der Waals surface area contributed by atoms with Gasteiger partial charge in [-0.3, -0.25) is 0 Å². The van der Waals surface area contributed by atoms with Gasteiger partial charge in [0.25, 0.3) is 0 Å². The molecule has 1 aromatic heterocycles. The fourth-order valence-electron chi connectivity index (χ4n) is 1.37. The summed E-state index contributed by atoms with van der Waals surface area (Å²) in [6.45, 7) is 2.57. The van der Waals surface area contributed by atoms with E-state index in [0.717, 1.165) is 20.7 Å². The summed E-state index contributed by atoms with van der Waals surface area (Å²) in [5, 5.41) is 3.16. The number of rotatable bonds is 2. The molecule has 2 rings (SSSR count). The van der Waals surface area contributed by atoms with Crippen LogP contribution in [0.25, 0.3) is 10.1 Å². The molecule has 74 valence electrons. The predicted octanol–water partition coefficient (Wildman–Crippen LogP) is 3.17. The lowest BCUT2D eigenvalue weighted by molar-refractivity contribution is 0.346. The van der Waals surface area contributed by atoms with Crippen LogP contribution in [0.3, 0.4) is 0 Å². The van der Waals surface area contributed by atoms with Crippen LogP contribution >= 0.6 is 24.0 Å². The lowest BCUT2D eigenvalue weighted by atomic mass is 10.2. The minimum atomic E-state index is 0.619. The minimum Gasteiger partial charge on any atom is -0.490 e. The van der Waals surface area contributed by atoms with Gasteiger partial charge in [-0.15, -0.1) is 24.0 Å². The first-order valence-electron chi connectivity index (χ1n) is 4.35. The number of benzene rings is 1. The third-order valence-electron chi connectivity index (χ3n) is 2.00. The van der Waals surface area contributed by atoms with Crippen molar-refractivity contribution in [3.05, 3.63) is 17.5 Å². The highest BCUT2D eigenvalue weighted by Crippen LogP contribution is 2.39. The number of hydrogen-bond donors (Lipinski definition) is 2. The highest BCUT2D eigenvalue weighted by molar-refractivity contribution is 7.80. The van der Waals surface area contributed by atoms with E-state index in [-0.39, 0.29) is 0 Å². The summed E-state index contributed by atoms with van der Waals surface area (Å²) in [5.74, 6) is 0.769. The smallest absolute Gasteiger partial charge is 0.161 e. The van der Waals surface area contributed by atoms with Gasteiger partial charge < -0.3 is 10.5 Å². The highest BCUT2D eigenvalue weighted by atomic mass is 32.1. The topological polar surface area (TPSA) is 35.2 Å². The van der Waals surface area contributed by atoms with E-state index in [2.05, 4.69) is 12.6 Å². The molecule has 4 heteroatoms. The third kappa shape index (κ3) is 1.44. The van der Waals surface area contributed by atoms with E-state index in [1.165, 1.54) is 0 Å². The van der Waals surface area contributed by atoms with Crippen molar-refractivity contribution in [2.24, 2.45) is 0 Å². The number of nitrogens with two attached hydrogens (primary N) is 1. The van der Waals surface area contributed by atoms with Gasteiger partial charge in [0.05, 0.1) is 17.0 Å². The second-order valence-electron chi connectivity index (χ2n) is 2.91. The zero-order chi connectivity index (χ0) is 10.1. The number of thiol groups is 1. The molecule has 0 saturated carbocycles. The zero-order valence-electron chi connectivity index (χ0n) is 7.78. The first-order chi connectivity index (χ1) is 6.74. The molecule has 0 fully saturated rings. The summed E-state index contributed by atoms with van der Waals surface area (Å²) in [5.41, 5.74) is 6.53. The van der Waals surface area contributed by atoms with Gasteiger partial charge in [-0.1, -0.05) is 0 Å². The molecular weight excluding hydrogens is 214 g/mol. The van der Waals surface area contributed by atoms with Crippen molar-refractivity contribution in [1.82, 2.24) is 0 Å². The Morgan fingerprint density at radius 1 is 1.57 bits per heavy atom. The van der Waals surface area contributed by atoms with Crippen LogP contribution in [0.4, 0.5) is 5.69 Å². The number of hydrogen-bond acceptors (Lipinski definition) is 4. The molecule has 2 N–H and O–H groups in total. The lowest BCUT2D eigenvalue weighted by Crippen LogP contribution is -1.97. The van der Waals surface area contributed by atoms with Gasteiger partial charge in [0, 0.05) is 4.90 Å². The SMILES string of the molecule is CCOc1c(N)c(S)cc2ccsc12. The molecule has 2 nitrogen and oxygen atoms in total. The Morgan fingerprint density at radius 2 is 2.36 bits per heavy atom. The molecule has 0 bridgehead atoms. The van der Waals surface area contributed by atoms with Crippen molar-refractivity contribution < 1.29 is 4.74 Å². The molecule has 0 spiro atoms. The van der Waals surface area contributed by atoms with E-state index in [0.29, 0.717) is 12.3 Å². The van der Waals surface area contributed by atoms with Crippen LogP contribution in [-0.4, -0.2) is 6.61 Å². The van der Waals surface area contributed by atoms with E-state index in [1.54, 1.807) is 11.3 Å². The molecule has 1 aromatic carbocycles. The fraction of sp³-hybridized carbons (Fsp3) is 0.200. The van der Waals surface area contributed by atoms with Crippen LogP contribution in [0, 0.1) is 0 Å². The molecule has 0 atom stereocenters. The Kier molecular flexibility index (Phi) is 2.56. The summed E-state index contributed by atoms with van der Waals surface area (Å²) in [6.07, 6.45) is 0. The van der Waals surface area contributed by atoms with Crippen molar-refractivity contribution in [2.45, 2.75) is 11.8 Å². The van der Waals surface area contributed by atoms with E-state index in [4.69, 9.17) is 10.5 Å². The quantitative estimate of drug-likeness (QED) is 0.608. The average Bonchev–Trinajstić information content (AvgIpc) is 2.60. The Labute approximate surface area is 92.1 Å². The standard InChI is InChI=1S/C10H11NOS2/c1-2-12-9-8(11)7(13)5-6-3-4-14-10(6)9/h3-5,13H,2,11H2,1H3. The Morgan fingerprint density at radius 3 is 3.07 bits per heavy atom. The van der Waals surface area contributed by atoms with Crippen molar-refractivity contribution >= 4 is 39.7 Å². The van der Waals surface area contributed by atoms with Gasteiger partial charge in [-0.05, 0) is 29.8 Å². The number of nitrogen functional groups attached to an aromatic ring is 1. The van der Waals surface area contributed by atoms with Gasteiger partial charge in [0.15, 0.2) is 5.75 Å². The van der Waals surface area contributed by atoms with E-state index in [1.807, 2.05) is 24.4 Å². The maximum absolute atomic E-state index is 5.90. The molecule has 0 unspecified atom stereocenters. The number of fused-ring (bicyclic) bond motifs is 1. The Balaban J connectivity index is 2.73. The first kappa shape index (κ1) is 9.68. The molecular formula is C10H11NOS2. The summed E-state index contributed by atoms with van der Waals surface area (Å²) in [6, 6.07) is 4.01. The maximum atomic E-state index is 5.90. The maximum Gasteiger partial charge on any atom is 0.161 e. The molecule has 0 amide bonds. The van der Waals surface area contributed by atoms with E-state index in [9.17, 15) is 0 Å². The molecule has 0 aliphatic carbocycles. The molecule has 0 aliphatic heterocycles. The molecule has 0 aliphatic rings. The molecule has 1 heterocycles. The monoisotopic (exact) mass is 225 g/mol. The Bertz CT molecular complexity index is 464. The number of thiophene rings is 1. The van der Waals surface area contributed by atoms with Crippen LogP contribution in [0.5, 0.6) is 5.75 Å². The van der Waals surface area contributed by atoms with Crippen molar-refractivity contribution in [1.29, 1.82) is 0 Å². The predicted molar refractivity (Wildman–Crippen MR) is 64.7 cm³/mol. The fourth-order valence-corrected chi connectivity index (χ4v) is 2.50. The Hall–Kier alpha value is -0.870. The number of anilines is 1. The van der Waals surface area contributed by atoms with Crippen LogP contribution < -0.4 is 10.5 Å². The van der Waals surface area contributed by atoms with E-state index < -0.39 is 0 Å². The summed E-state index contributed by atoms with van der Waals surface area (Å²) >= 11 is 5.95. The average molecular weight is 225 g/mol. The zero-order valence-corrected chi connectivity index (χ0v) is 9.49. The van der Waals surface area contributed by atoms with Crippen LogP contribution in [0.1, 0.15) is 6.92 Å². The molecule has 2 aromatic rings. The van der Waals surface area contributed by atoms with Crippen LogP contribution in [0.15, 0.2) is 22.4 Å². The van der Waals surface area contributed by atoms with Crippen molar-refractivity contribution in [3.8, 4) is 5.75 Å². The summed E-state index contributed by atoms with van der Waals surface area (Å²) in [4.78, 5) is 0.777. The highest BCUT2D eigenvalue weighted by Gasteiger charge is 2.10.